The third kappa shape index (κ3) is 4.21. The average Bonchev–Trinajstić information content (AvgIpc) is 2.61. The Bertz CT molecular complexity index is 733. The van der Waals surface area contributed by atoms with E-state index in [0.717, 1.165) is 13.0 Å². The van der Waals surface area contributed by atoms with Crippen molar-refractivity contribution in [2.24, 2.45) is 5.41 Å². The van der Waals surface area contributed by atoms with Gasteiger partial charge in [-0.2, -0.15) is 5.26 Å². The van der Waals surface area contributed by atoms with E-state index in [0.29, 0.717) is 29.6 Å². The first-order valence-corrected chi connectivity index (χ1v) is 8.81. The first kappa shape index (κ1) is 20.3. The molecule has 0 saturated heterocycles. The quantitative estimate of drug-likeness (QED) is 0.786. The van der Waals surface area contributed by atoms with Crippen molar-refractivity contribution in [3.63, 3.8) is 0 Å². The van der Waals surface area contributed by atoms with Gasteiger partial charge < -0.3 is 15.1 Å². The van der Waals surface area contributed by atoms with Crippen LogP contribution in [0.15, 0.2) is 47.6 Å². The Morgan fingerprint density at radius 3 is 2.46 bits per heavy atom. The Balaban J connectivity index is 2.51. The van der Waals surface area contributed by atoms with Gasteiger partial charge in [-0.3, -0.25) is 0 Å². The maximum absolute atomic E-state index is 13.4. The molecule has 0 amide bonds. The first-order valence-electron chi connectivity index (χ1n) is 8.81. The van der Waals surface area contributed by atoms with Gasteiger partial charge in [0.2, 0.25) is 0 Å². The fourth-order valence-electron chi connectivity index (χ4n) is 3.63. The Labute approximate surface area is 154 Å². The summed E-state index contributed by atoms with van der Waals surface area (Å²) >= 11 is 0. The van der Waals surface area contributed by atoms with Gasteiger partial charge in [0.1, 0.15) is 11.4 Å². The minimum absolute atomic E-state index is 0.185. The van der Waals surface area contributed by atoms with Crippen LogP contribution >= 0.6 is 0 Å². The van der Waals surface area contributed by atoms with Gasteiger partial charge in [0.15, 0.2) is 0 Å². The van der Waals surface area contributed by atoms with Gasteiger partial charge >= 0.3 is 0 Å². The lowest BCUT2D eigenvalue weighted by molar-refractivity contribution is 0.0253. The molecular formula is C21H27FN2O2. The maximum atomic E-state index is 13.4. The molecule has 0 heterocycles. The molecule has 0 fully saturated rings. The summed E-state index contributed by atoms with van der Waals surface area (Å²) in [6.45, 7) is 2.46. The predicted molar refractivity (Wildman–Crippen MR) is 99.7 cm³/mol. The number of aliphatic hydroxyl groups excluding tert-OH is 1. The lowest BCUT2D eigenvalue weighted by Gasteiger charge is -2.43. The fourth-order valence-corrected chi connectivity index (χ4v) is 3.63. The predicted octanol–water partition coefficient (Wildman–Crippen LogP) is 3.13. The summed E-state index contributed by atoms with van der Waals surface area (Å²) < 4.78 is 13.4. The zero-order chi connectivity index (χ0) is 19.4. The molecule has 1 aliphatic rings. The number of benzene rings is 1. The summed E-state index contributed by atoms with van der Waals surface area (Å²) in [5.41, 5.74) is -0.256. The molecule has 1 aromatic rings. The average molecular weight is 358 g/mol. The second-order valence-corrected chi connectivity index (χ2v) is 7.55. The molecule has 0 aliphatic heterocycles. The summed E-state index contributed by atoms with van der Waals surface area (Å²) in [4.78, 5) is 2.04. The van der Waals surface area contributed by atoms with Crippen LogP contribution in [0.5, 0.6) is 0 Å². The Kier molecular flexibility index (Phi) is 6.35. The van der Waals surface area contributed by atoms with E-state index >= 15 is 0 Å². The van der Waals surface area contributed by atoms with Gasteiger partial charge in [0, 0.05) is 11.0 Å². The highest BCUT2D eigenvalue weighted by atomic mass is 19.1. The van der Waals surface area contributed by atoms with Crippen LogP contribution in [0.1, 0.15) is 31.7 Å². The number of aliphatic hydroxyl groups is 2. The fraction of sp³-hybridized carbons (Fsp3) is 0.476. The topological polar surface area (TPSA) is 67.5 Å². The molecule has 0 radical (unpaired) electrons. The van der Waals surface area contributed by atoms with Crippen LogP contribution in [0.4, 0.5) is 4.39 Å². The van der Waals surface area contributed by atoms with Crippen molar-refractivity contribution in [3.8, 4) is 6.07 Å². The van der Waals surface area contributed by atoms with E-state index in [1.807, 2.05) is 25.9 Å². The van der Waals surface area contributed by atoms with Crippen molar-refractivity contribution in [2.45, 2.75) is 31.8 Å². The second kappa shape index (κ2) is 8.13. The Morgan fingerprint density at radius 2 is 1.92 bits per heavy atom. The van der Waals surface area contributed by atoms with Gasteiger partial charge in [-0.25, -0.2) is 4.39 Å². The molecule has 0 spiro atoms. The number of allylic oxidation sites excluding steroid dienone is 3. The van der Waals surface area contributed by atoms with Crippen LogP contribution in [0.3, 0.4) is 0 Å². The lowest BCUT2D eigenvalue weighted by atomic mass is 9.65. The van der Waals surface area contributed by atoms with Gasteiger partial charge in [-0.1, -0.05) is 25.1 Å². The molecular weight excluding hydrogens is 331 g/mol. The molecule has 2 rings (SSSR count). The van der Waals surface area contributed by atoms with E-state index in [-0.39, 0.29) is 12.4 Å². The highest BCUT2D eigenvalue weighted by molar-refractivity contribution is 5.44. The molecule has 1 unspecified atom stereocenters. The maximum Gasteiger partial charge on any atom is 0.123 e. The molecule has 1 aromatic carbocycles. The van der Waals surface area contributed by atoms with E-state index < -0.39 is 11.0 Å². The third-order valence-electron chi connectivity index (χ3n) is 5.09. The molecule has 0 aromatic heterocycles. The number of halogens is 1. The van der Waals surface area contributed by atoms with Crippen molar-refractivity contribution in [3.05, 3.63) is 58.9 Å². The van der Waals surface area contributed by atoms with Crippen LogP contribution < -0.4 is 0 Å². The summed E-state index contributed by atoms with van der Waals surface area (Å²) in [6.07, 6.45) is 4.98. The smallest absolute Gasteiger partial charge is 0.123 e. The first-order chi connectivity index (χ1) is 12.2. The van der Waals surface area contributed by atoms with Gasteiger partial charge in [-0.05, 0) is 69.2 Å². The van der Waals surface area contributed by atoms with Gasteiger partial charge in [0.05, 0.1) is 12.7 Å². The zero-order valence-electron chi connectivity index (χ0n) is 15.7. The van der Waals surface area contributed by atoms with Crippen LogP contribution in [0.25, 0.3) is 0 Å². The van der Waals surface area contributed by atoms with Gasteiger partial charge in [0.25, 0.3) is 0 Å². The highest BCUT2D eigenvalue weighted by Gasteiger charge is 2.44. The van der Waals surface area contributed by atoms with Gasteiger partial charge in [-0.15, -0.1) is 0 Å². The minimum Gasteiger partial charge on any atom is -0.395 e. The highest BCUT2D eigenvalue weighted by Crippen LogP contribution is 2.48. The van der Waals surface area contributed by atoms with E-state index in [1.54, 1.807) is 24.3 Å². The number of hydrogen-bond acceptors (Lipinski definition) is 4. The standard InChI is InChI=1S/C21H27FN2O2/c1-20(15-25)13-16(14-23)5-10-19(20)21(26,11-4-12-24(2)3)17-6-8-18(22)9-7-17/h5-10,25-26H,4,11-13,15H2,1-3H3/t20?,21-/m0/s1. The molecule has 5 heteroatoms. The monoisotopic (exact) mass is 358 g/mol. The van der Waals surface area contributed by atoms with Crippen molar-refractivity contribution < 1.29 is 14.6 Å². The summed E-state index contributed by atoms with van der Waals surface area (Å²) in [7, 11) is 3.94. The molecule has 26 heavy (non-hydrogen) atoms. The molecule has 0 saturated carbocycles. The molecule has 1 aliphatic carbocycles. The minimum atomic E-state index is -1.33. The van der Waals surface area contributed by atoms with Crippen LogP contribution in [-0.4, -0.2) is 42.4 Å². The number of hydrogen-bond donors (Lipinski definition) is 2. The van der Waals surface area contributed by atoms with Crippen molar-refractivity contribution in [1.82, 2.24) is 4.90 Å². The van der Waals surface area contributed by atoms with Crippen LogP contribution in [0.2, 0.25) is 0 Å². The van der Waals surface area contributed by atoms with Crippen molar-refractivity contribution in [2.75, 3.05) is 27.2 Å². The largest absolute Gasteiger partial charge is 0.395 e. The van der Waals surface area contributed by atoms with E-state index in [2.05, 4.69) is 6.07 Å². The Hall–Kier alpha value is -2.00. The van der Waals surface area contributed by atoms with E-state index in [4.69, 9.17) is 0 Å². The molecule has 2 atom stereocenters. The molecule has 4 nitrogen and oxygen atoms in total. The molecule has 140 valence electrons. The Morgan fingerprint density at radius 1 is 1.27 bits per heavy atom. The number of nitrogens with zero attached hydrogens (tertiary/aromatic N) is 2. The normalized spacial score (nSPS) is 22.4. The van der Waals surface area contributed by atoms with E-state index in [9.17, 15) is 19.9 Å². The van der Waals surface area contributed by atoms with Crippen LogP contribution in [-0.2, 0) is 5.60 Å². The molecule has 0 bridgehead atoms. The third-order valence-corrected chi connectivity index (χ3v) is 5.09. The number of rotatable bonds is 7. The summed E-state index contributed by atoms with van der Waals surface area (Å²) in [5, 5.41) is 31.0. The molecule has 2 N–H and O–H groups in total. The van der Waals surface area contributed by atoms with Crippen LogP contribution in [0, 0.1) is 22.6 Å². The zero-order valence-corrected chi connectivity index (χ0v) is 15.7. The lowest BCUT2D eigenvalue weighted by Crippen LogP contribution is -2.41. The second-order valence-electron chi connectivity index (χ2n) is 7.55. The van der Waals surface area contributed by atoms with Crippen molar-refractivity contribution in [1.29, 1.82) is 5.26 Å². The van der Waals surface area contributed by atoms with Crippen molar-refractivity contribution >= 4 is 0 Å². The van der Waals surface area contributed by atoms with E-state index in [1.165, 1.54) is 12.1 Å². The summed E-state index contributed by atoms with van der Waals surface area (Å²) in [6, 6.07) is 7.99. The SMILES string of the molecule is CN(C)CCC[C@@](O)(C1=CC=C(C#N)CC1(C)CO)c1ccc(F)cc1. The summed E-state index contributed by atoms with van der Waals surface area (Å²) in [5.74, 6) is -0.362. The number of nitriles is 1.